The monoisotopic (exact) mass is 413 g/mol. The van der Waals surface area contributed by atoms with E-state index in [9.17, 15) is 4.79 Å². The van der Waals surface area contributed by atoms with Crippen molar-refractivity contribution in [3.05, 3.63) is 59.1 Å². The van der Waals surface area contributed by atoms with Crippen molar-refractivity contribution in [2.75, 3.05) is 21.3 Å². The fourth-order valence-electron chi connectivity index (χ4n) is 2.74. The smallest absolute Gasteiger partial charge is 0.306 e. The molecule has 0 saturated heterocycles. The Labute approximate surface area is 174 Å². The van der Waals surface area contributed by atoms with Crippen molar-refractivity contribution in [2.45, 2.75) is 19.4 Å². The Morgan fingerprint density at radius 1 is 0.966 bits per heavy atom. The van der Waals surface area contributed by atoms with E-state index in [1.807, 2.05) is 47.8 Å². The number of benzene rings is 2. The molecule has 0 amide bonds. The lowest BCUT2D eigenvalue weighted by atomic mass is 10.1. The summed E-state index contributed by atoms with van der Waals surface area (Å²) in [7, 11) is 4.82. The molecule has 3 rings (SSSR count). The van der Waals surface area contributed by atoms with Crippen LogP contribution in [0.25, 0.3) is 10.6 Å². The lowest BCUT2D eigenvalue weighted by Gasteiger charge is -2.08. The molecule has 1 aromatic heterocycles. The first kappa shape index (κ1) is 20.7. The molecule has 0 bridgehead atoms. The van der Waals surface area contributed by atoms with Crippen LogP contribution < -0.4 is 14.2 Å². The van der Waals surface area contributed by atoms with E-state index in [1.165, 1.54) is 11.3 Å². The molecule has 0 atom stereocenters. The first-order chi connectivity index (χ1) is 14.1. The number of esters is 1. The van der Waals surface area contributed by atoms with Gasteiger partial charge in [-0.15, -0.1) is 11.3 Å². The molecule has 0 fully saturated rings. The van der Waals surface area contributed by atoms with E-state index in [0.29, 0.717) is 24.3 Å². The number of thiazole rings is 1. The number of carbonyl (C=O) groups excluding carboxylic acids is 1. The van der Waals surface area contributed by atoms with E-state index in [4.69, 9.17) is 18.9 Å². The van der Waals surface area contributed by atoms with Gasteiger partial charge in [-0.2, -0.15) is 0 Å². The molecule has 0 radical (unpaired) electrons. The van der Waals surface area contributed by atoms with E-state index < -0.39 is 0 Å². The summed E-state index contributed by atoms with van der Waals surface area (Å²) < 4.78 is 21.1. The molecule has 0 aliphatic rings. The first-order valence-corrected chi connectivity index (χ1v) is 9.96. The van der Waals surface area contributed by atoms with Gasteiger partial charge >= 0.3 is 5.97 Å². The molecular weight excluding hydrogens is 390 g/mol. The van der Waals surface area contributed by atoms with Crippen LogP contribution in [0.4, 0.5) is 0 Å². The van der Waals surface area contributed by atoms with Crippen molar-refractivity contribution in [1.82, 2.24) is 4.98 Å². The Morgan fingerprint density at radius 3 is 2.41 bits per heavy atom. The third-order valence-electron chi connectivity index (χ3n) is 4.34. The molecule has 0 aliphatic heterocycles. The maximum absolute atomic E-state index is 12.0. The van der Waals surface area contributed by atoms with Gasteiger partial charge in [0, 0.05) is 17.4 Å². The maximum atomic E-state index is 12.0. The molecule has 2 aromatic carbocycles. The fraction of sp³-hybridized carbons (Fsp3) is 0.273. The van der Waals surface area contributed by atoms with E-state index >= 15 is 0 Å². The number of rotatable bonds is 9. The standard InChI is InChI=1S/C22H23NO5S/c1-25-18-8-4-15(5-9-18)6-11-21(24)28-13-17-14-29-22(23-17)16-7-10-19(26-2)20(12-16)27-3/h4-5,7-10,12,14H,6,11,13H2,1-3H3. The largest absolute Gasteiger partial charge is 0.497 e. The number of hydrogen-bond acceptors (Lipinski definition) is 7. The van der Waals surface area contributed by atoms with Gasteiger partial charge in [-0.3, -0.25) is 4.79 Å². The Morgan fingerprint density at radius 2 is 1.72 bits per heavy atom. The van der Waals surface area contributed by atoms with E-state index in [-0.39, 0.29) is 12.6 Å². The minimum Gasteiger partial charge on any atom is -0.497 e. The zero-order valence-electron chi connectivity index (χ0n) is 16.6. The second-order valence-corrected chi connectivity index (χ2v) is 7.08. The molecule has 7 heteroatoms. The van der Waals surface area contributed by atoms with E-state index in [0.717, 1.165) is 27.6 Å². The Kier molecular flexibility index (Phi) is 7.08. The number of ether oxygens (including phenoxy) is 4. The average Bonchev–Trinajstić information content (AvgIpc) is 3.25. The Hall–Kier alpha value is -3.06. The number of methoxy groups -OCH3 is 3. The lowest BCUT2D eigenvalue weighted by molar-refractivity contribution is -0.145. The van der Waals surface area contributed by atoms with Gasteiger partial charge in [0.15, 0.2) is 11.5 Å². The van der Waals surface area contributed by atoms with Crippen LogP contribution in [-0.4, -0.2) is 32.3 Å². The lowest BCUT2D eigenvalue weighted by Crippen LogP contribution is -2.06. The predicted molar refractivity (Wildman–Crippen MR) is 112 cm³/mol. The summed E-state index contributed by atoms with van der Waals surface area (Å²) in [5, 5.41) is 2.72. The topological polar surface area (TPSA) is 66.9 Å². The normalized spacial score (nSPS) is 10.4. The summed E-state index contributed by atoms with van der Waals surface area (Å²) in [4.78, 5) is 16.6. The highest BCUT2D eigenvalue weighted by Crippen LogP contribution is 2.33. The van der Waals surface area contributed by atoms with Gasteiger partial charge in [-0.05, 0) is 42.3 Å². The molecule has 0 aliphatic carbocycles. The van der Waals surface area contributed by atoms with Crippen LogP contribution in [0, 0.1) is 0 Å². The SMILES string of the molecule is COc1ccc(CCC(=O)OCc2csc(-c3ccc(OC)c(OC)c3)n2)cc1. The quantitative estimate of drug-likeness (QED) is 0.481. The number of aryl methyl sites for hydroxylation is 1. The van der Waals surface area contributed by atoms with Crippen LogP contribution >= 0.6 is 11.3 Å². The van der Waals surface area contributed by atoms with Crippen LogP contribution in [0.1, 0.15) is 17.7 Å². The molecule has 6 nitrogen and oxygen atoms in total. The molecule has 152 valence electrons. The van der Waals surface area contributed by atoms with Gasteiger partial charge in [-0.1, -0.05) is 12.1 Å². The highest BCUT2D eigenvalue weighted by molar-refractivity contribution is 7.13. The van der Waals surface area contributed by atoms with Crippen LogP contribution in [0.15, 0.2) is 47.8 Å². The van der Waals surface area contributed by atoms with E-state index in [1.54, 1.807) is 21.3 Å². The minimum absolute atomic E-state index is 0.158. The van der Waals surface area contributed by atoms with Crippen LogP contribution in [-0.2, 0) is 22.6 Å². The maximum Gasteiger partial charge on any atom is 0.306 e. The molecule has 0 saturated carbocycles. The molecule has 1 heterocycles. The second-order valence-electron chi connectivity index (χ2n) is 6.22. The second kappa shape index (κ2) is 9.93. The fourth-order valence-corrected chi connectivity index (χ4v) is 3.54. The minimum atomic E-state index is -0.249. The zero-order valence-corrected chi connectivity index (χ0v) is 17.5. The van der Waals surface area contributed by atoms with Crippen LogP contribution in [0.5, 0.6) is 17.2 Å². The molecule has 0 unspecified atom stereocenters. The van der Waals surface area contributed by atoms with Crippen molar-refractivity contribution >= 4 is 17.3 Å². The van der Waals surface area contributed by atoms with Crippen LogP contribution in [0.2, 0.25) is 0 Å². The van der Waals surface area contributed by atoms with Gasteiger partial charge in [0.2, 0.25) is 0 Å². The first-order valence-electron chi connectivity index (χ1n) is 9.08. The molecule has 3 aromatic rings. The van der Waals surface area contributed by atoms with E-state index in [2.05, 4.69) is 4.98 Å². The summed E-state index contributed by atoms with van der Waals surface area (Å²) in [5.74, 6) is 1.86. The van der Waals surface area contributed by atoms with Crippen molar-refractivity contribution in [2.24, 2.45) is 0 Å². The molecule has 29 heavy (non-hydrogen) atoms. The van der Waals surface area contributed by atoms with Gasteiger partial charge in [-0.25, -0.2) is 4.98 Å². The van der Waals surface area contributed by atoms with Crippen molar-refractivity contribution in [3.8, 4) is 27.8 Å². The summed E-state index contributed by atoms with van der Waals surface area (Å²) in [6, 6.07) is 13.3. The van der Waals surface area contributed by atoms with Gasteiger partial charge in [0.1, 0.15) is 17.4 Å². The number of aromatic nitrogens is 1. The highest BCUT2D eigenvalue weighted by atomic mass is 32.1. The highest BCUT2D eigenvalue weighted by Gasteiger charge is 2.11. The van der Waals surface area contributed by atoms with Crippen molar-refractivity contribution in [1.29, 1.82) is 0 Å². The van der Waals surface area contributed by atoms with Crippen molar-refractivity contribution < 1.29 is 23.7 Å². The Balaban J connectivity index is 1.52. The summed E-state index contributed by atoms with van der Waals surface area (Å²) in [5.41, 5.74) is 2.70. The third-order valence-corrected chi connectivity index (χ3v) is 5.28. The third kappa shape index (κ3) is 5.48. The summed E-state index contributed by atoms with van der Waals surface area (Å²) in [6.07, 6.45) is 0.940. The van der Waals surface area contributed by atoms with Gasteiger partial charge in [0.25, 0.3) is 0 Å². The Bertz CT molecular complexity index is 952. The average molecular weight is 413 g/mol. The molecule has 0 spiro atoms. The molecule has 0 N–H and O–H groups in total. The van der Waals surface area contributed by atoms with Gasteiger partial charge in [0.05, 0.1) is 27.0 Å². The number of hydrogen-bond donors (Lipinski definition) is 0. The zero-order chi connectivity index (χ0) is 20.6. The number of nitrogens with zero attached hydrogens (tertiary/aromatic N) is 1. The van der Waals surface area contributed by atoms with Gasteiger partial charge < -0.3 is 18.9 Å². The summed E-state index contributed by atoms with van der Waals surface area (Å²) >= 11 is 1.49. The van der Waals surface area contributed by atoms with Crippen LogP contribution in [0.3, 0.4) is 0 Å². The van der Waals surface area contributed by atoms with Crippen molar-refractivity contribution in [3.63, 3.8) is 0 Å². The predicted octanol–water partition coefficient (Wildman–Crippen LogP) is 4.51. The number of carbonyl (C=O) groups is 1. The molecular formula is C22H23NO5S. The summed E-state index contributed by atoms with van der Waals surface area (Å²) in [6.45, 7) is 0.158.